The van der Waals surface area contributed by atoms with Gasteiger partial charge in [-0.1, -0.05) is 6.08 Å². The van der Waals surface area contributed by atoms with Crippen molar-refractivity contribution < 1.29 is 0 Å². The Morgan fingerprint density at radius 2 is 2.43 bits per heavy atom. The Kier molecular flexibility index (Phi) is 3.65. The van der Waals surface area contributed by atoms with Crippen LogP contribution in [0.1, 0.15) is 6.42 Å². The summed E-state index contributed by atoms with van der Waals surface area (Å²) in [5.74, 6) is 0. The summed E-state index contributed by atoms with van der Waals surface area (Å²) in [5, 5.41) is 11.0. The summed E-state index contributed by atoms with van der Waals surface area (Å²) in [6, 6.07) is 0. The van der Waals surface area contributed by atoms with Gasteiger partial charge in [-0.05, 0) is 20.0 Å². The molecule has 0 radical (unpaired) electrons. The summed E-state index contributed by atoms with van der Waals surface area (Å²) < 4.78 is 0. The van der Waals surface area contributed by atoms with Crippen molar-refractivity contribution in [1.29, 1.82) is 0 Å². The molecule has 2 nitrogen and oxygen atoms in total. The fourth-order valence-corrected chi connectivity index (χ4v) is 0.273. The van der Waals surface area contributed by atoms with Crippen LogP contribution in [0.25, 0.3) is 0 Å². The lowest BCUT2D eigenvalue weighted by molar-refractivity contribution is 0.467. The Morgan fingerprint density at radius 1 is 1.86 bits per heavy atom. The van der Waals surface area contributed by atoms with E-state index < -0.39 is 0 Å². The van der Waals surface area contributed by atoms with Gasteiger partial charge < -0.3 is 10.3 Å². The topological polar surface area (TPSA) is 26.3 Å². The third kappa shape index (κ3) is 5.66. The molecule has 0 unspecified atom stereocenters. The van der Waals surface area contributed by atoms with Gasteiger partial charge in [0.1, 0.15) is 0 Å². The zero-order valence-electron chi connectivity index (χ0n) is 4.55. The number of hydroxylamine groups is 2. The second kappa shape index (κ2) is 3.84. The normalized spacial score (nSPS) is 9.57. The molecule has 0 aromatic heterocycles. The van der Waals surface area contributed by atoms with E-state index in [0.717, 1.165) is 11.5 Å². The summed E-state index contributed by atoms with van der Waals surface area (Å²) in [6.07, 6.45) is 2.51. The molecule has 0 saturated carbocycles. The SMILES string of the molecule is C=CCCN(C)[O-]. The predicted molar refractivity (Wildman–Crippen MR) is 30.8 cm³/mol. The van der Waals surface area contributed by atoms with Crippen LogP contribution in [-0.4, -0.2) is 18.7 Å². The van der Waals surface area contributed by atoms with Crippen LogP contribution in [0.5, 0.6) is 0 Å². The van der Waals surface area contributed by atoms with Gasteiger partial charge >= 0.3 is 0 Å². The molecular weight excluding hydrogens is 90.1 g/mol. The maximum Gasteiger partial charge on any atom is -0.0112 e. The molecule has 0 N–H and O–H groups in total. The zero-order valence-corrected chi connectivity index (χ0v) is 4.55. The highest BCUT2D eigenvalue weighted by atomic mass is 16.5. The maximum absolute atomic E-state index is 10.1. The summed E-state index contributed by atoms with van der Waals surface area (Å²) in [7, 11) is 1.50. The van der Waals surface area contributed by atoms with Crippen molar-refractivity contribution in [1.82, 2.24) is 5.06 Å². The third-order valence-corrected chi connectivity index (χ3v) is 0.648. The zero-order chi connectivity index (χ0) is 5.70. The quantitative estimate of drug-likeness (QED) is 0.390. The highest BCUT2D eigenvalue weighted by Crippen LogP contribution is 1.81. The van der Waals surface area contributed by atoms with E-state index in [1.807, 2.05) is 0 Å². The highest BCUT2D eigenvalue weighted by molar-refractivity contribution is 4.67. The Bertz CT molecular complexity index is 52.0. The first-order valence-corrected chi connectivity index (χ1v) is 2.26. The fraction of sp³-hybridized carbons (Fsp3) is 0.600. The van der Waals surface area contributed by atoms with E-state index in [2.05, 4.69) is 6.58 Å². The molecule has 0 rings (SSSR count). The Labute approximate surface area is 44.0 Å². The van der Waals surface area contributed by atoms with Gasteiger partial charge in [-0.3, -0.25) is 0 Å². The number of hydrogen-bond acceptors (Lipinski definition) is 2. The van der Waals surface area contributed by atoms with Gasteiger partial charge in [-0.15, -0.1) is 6.58 Å². The van der Waals surface area contributed by atoms with Crippen LogP contribution in [0, 0.1) is 5.21 Å². The van der Waals surface area contributed by atoms with E-state index in [9.17, 15) is 5.21 Å². The van der Waals surface area contributed by atoms with Crippen LogP contribution in [0.2, 0.25) is 0 Å². The molecule has 0 bridgehead atoms. The van der Waals surface area contributed by atoms with Crippen LogP contribution in [0.3, 0.4) is 0 Å². The predicted octanol–water partition coefficient (Wildman–Crippen LogP) is 0.992. The first-order chi connectivity index (χ1) is 3.27. The molecule has 0 fully saturated rings. The van der Waals surface area contributed by atoms with Crippen molar-refractivity contribution in [3.8, 4) is 0 Å². The smallest absolute Gasteiger partial charge is 0.0112 e. The molecule has 0 aromatic rings. The molecule has 0 aliphatic rings. The molecule has 0 saturated heterocycles. The molecule has 0 amide bonds. The average Bonchev–Trinajstić information content (AvgIpc) is 1.61. The summed E-state index contributed by atoms with van der Waals surface area (Å²) in [4.78, 5) is 0. The van der Waals surface area contributed by atoms with Crippen LogP contribution in [0.4, 0.5) is 0 Å². The molecular formula is C5H10NO-. The standard InChI is InChI=1S/C5H10NO/c1-3-4-5-6(2)7/h3H,1,4-5H2,2H3/q-1. The van der Waals surface area contributed by atoms with Crippen molar-refractivity contribution in [3.05, 3.63) is 17.9 Å². The Hall–Kier alpha value is -0.340. The van der Waals surface area contributed by atoms with Crippen LogP contribution >= 0.6 is 0 Å². The molecule has 42 valence electrons. The number of nitrogens with zero attached hydrogens (tertiary/aromatic N) is 1. The minimum absolute atomic E-state index is 0.559. The van der Waals surface area contributed by atoms with Gasteiger partial charge in [0.05, 0.1) is 0 Å². The average molecular weight is 100 g/mol. The first-order valence-electron chi connectivity index (χ1n) is 2.26. The van der Waals surface area contributed by atoms with Crippen molar-refractivity contribution in [2.75, 3.05) is 13.6 Å². The van der Waals surface area contributed by atoms with Gasteiger partial charge in [0.25, 0.3) is 0 Å². The molecule has 0 aromatic carbocycles. The van der Waals surface area contributed by atoms with Crippen LogP contribution < -0.4 is 0 Å². The van der Waals surface area contributed by atoms with Crippen molar-refractivity contribution in [2.24, 2.45) is 0 Å². The first kappa shape index (κ1) is 6.66. The number of rotatable bonds is 3. The second-order valence-corrected chi connectivity index (χ2v) is 1.43. The van der Waals surface area contributed by atoms with Gasteiger partial charge in [-0.25, -0.2) is 0 Å². The van der Waals surface area contributed by atoms with E-state index >= 15 is 0 Å². The highest BCUT2D eigenvalue weighted by Gasteiger charge is 1.74. The largest absolute Gasteiger partial charge is 0.785 e. The van der Waals surface area contributed by atoms with Crippen molar-refractivity contribution in [3.63, 3.8) is 0 Å². The molecule has 2 heteroatoms. The summed E-state index contributed by atoms with van der Waals surface area (Å²) in [5.41, 5.74) is 0. The molecule has 7 heavy (non-hydrogen) atoms. The van der Waals surface area contributed by atoms with E-state index in [1.165, 1.54) is 7.05 Å². The number of hydrogen-bond donors (Lipinski definition) is 0. The summed E-state index contributed by atoms with van der Waals surface area (Å²) >= 11 is 0. The van der Waals surface area contributed by atoms with Crippen molar-refractivity contribution in [2.45, 2.75) is 6.42 Å². The second-order valence-electron chi connectivity index (χ2n) is 1.43. The fourth-order valence-electron chi connectivity index (χ4n) is 0.273. The Morgan fingerprint density at radius 3 is 2.57 bits per heavy atom. The van der Waals surface area contributed by atoms with E-state index in [-0.39, 0.29) is 0 Å². The lowest BCUT2D eigenvalue weighted by atomic mass is 10.4. The Balaban J connectivity index is 2.81. The molecule has 0 aliphatic heterocycles. The molecule has 0 aliphatic carbocycles. The lowest BCUT2D eigenvalue weighted by Gasteiger charge is -2.19. The molecule has 0 heterocycles. The van der Waals surface area contributed by atoms with Crippen molar-refractivity contribution >= 4 is 0 Å². The lowest BCUT2D eigenvalue weighted by Crippen LogP contribution is -2.09. The summed E-state index contributed by atoms with van der Waals surface area (Å²) in [6.45, 7) is 4.03. The van der Waals surface area contributed by atoms with Gasteiger partial charge in [0, 0.05) is 0 Å². The van der Waals surface area contributed by atoms with Gasteiger partial charge in [0.2, 0.25) is 0 Å². The minimum Gasteiger partial charge on any atom is -0.785 e. The van der Waals surface area contributed by atoms with Gasteiger partial charge in [-0.2, -0.15) is 0 Å². The van der Waals surface area contributed by atoms with Crippen LogP contribution in [0.15, 0.2) is 12.7 Å². The maximum atomic E-state index is 10.1. The van der Waals surface area contributed by atoms with E-state index in [0.29, 0.717) is 6.54 Å². The van der Waals surface area contributed by atoms with Gasteiger partial charge in [0.15, 0.2) is 0 Å². The monoisotopic (exact) mass is 100 g/mol. The third-order valence-electron chi connectivity index (χ3n) is 0.648. The van der Waals surface area contributed by atoms with E-state index in [1.54, 1.807) is 6.08 Å². The van der Waals surface area contributed by atoms with Crippen LogP contribution in [-0.2, 0) is 0 Å². The minimum atomic E-state index is 0.559. The molecule has 0 spiro atoms. The van der Waals surface area contributed by atoms with E-state index in [4.69, 9.17) is 0 Å². The molecule has 0 atom stereocenters.